The van der Waals surface area contributed by atoms with Crippen LogP contribution in [-0.2, 0) is 43.0 Å². The van der Waals surface area contributed by atoms with Crippen LogP contribution in [0, 0.1) is 57.2 Å². The second-order valence-electron chi connectivity index (χ2n) is 21.1. The van der Waals surface area contributed by atoms with Gasteiger partial charge in [-0.25, -0.2) is 0 Å². The zero-order chi connectivity index (χ0) is 47.3. The Morgan fingerprint density at radius 2 is 0.778 bits per heavy atom. The fraction of sp³-hybridized carbons (Fsp3) is 0.765. The number of rotatable bonds is 25. The SMILES string of the molecule is CCC(COC(=O)CSC(C)CC(=O)C1C(C)C=CCC1(C)C)(COC(=O)CSC(C)CC(=O)[C@H]1[C@H](C)C=CCC1(C)C)COC(=O)CSC(C)CC(=O)[C@H]1[C@H](C)C=CCC1(C)C. The zero-order valence-corrected chi connectivity index (χ0v) is 43.2. The summed E-state index contributed by atoms with van der Waals surface area (Å²) in [5.41, 5.74) is -1.37. The van der Waals surface area contributed by atoms with Gasteiger partial charge in [0.1, 0.15) is 37.2 Å². The van der Waals surface area contributed by atoms with Gasteiger partial charge in [0.05, 0.1) is 22.7 Å². The van der Waals surface area contributed by atoms with Crippen molar-refractivity contribution in [2.75, 3.05) is 37.1 Å². The molecule has 0 aliphatic heterocycles. The number of thioether (sulfide) groups is 3. The molecule has 3 aliphatic rings. The lowest BCUT2D eigenvalue weighted by atomic mass is 9.65. The van der Waals surface area contributed by atoms with Crippen LogP contribution in [0.4, 0.5) is 0 Å². The molecule has 3 rings (SSSR count). The van der Waals surface area contributed by atoms with Crippen molar-refractivity contribution >= 4 is 70.5 Å². The summed E-state index contributed by atoms with van der Waals surface area (Å²) in [7, 11) is 0. The van der Waals surface area contributed by atoms with Crippen LogP contribution in [0.2, 0.25) is 0 Å². The maximum Gasteiger partial charge on any atom is 0.315 e. The van der Waals surface area contributed by atoms with Gasteiger partial charge in [0.2, 0.25) is 0 Å². The fourth-order valence-corrected chi connectivity index (χ4v) is 12.4. The summed E-state index contributed by atoms with van der Waals surface area (Å²) in [5.74, 6) is -0.419. The summed E-state index contributed by atoms with van der Waals surface area (Å²) in [4.78, 5) is 79.8. The number of allylic oxidation sites excluding steroid dienone is 6. The topological polar surface area (TPSA) is 130 Å². The van der Waals surface area contributed by atoms with Gasteiger partial charge in [0.15, 0.2) is 0 Å². The first kappa shape index (κ1) is 55.0. The lowest BCUT2D eigenvalue weighted by Crippen LogP contribution is -2.40. The van der Waals surface area contributed by atoms with Crippen LogP contribution in [0.1, 0.15) is 135 Å². The lowest BCUT2D eigenvalue weighted by molar-refractivity contribution is -0.159. The molecule has 0 heterocycles. The molecule has 9 atom stereocenters. The van der Waals surface area contributed by atoms with Crippen LogP contribution in [-0.4, -0.2) is 88.1 Å². The van der Waals surface area contributed by atoms with E-state index in [0.29, 0.717) is 25.7 Å². The van der Waals surface area contributed by atoms with Crippen LogP contribution in [0.5, 0.6) is 0 Å². The molecule has 0 amide bonds. The smallest absolute Gasteiger partial charge is 0.315 e. The van der Waals surface area contributed by atoms with Crippen molar-refractivity contribution in [1.82, 2.24) is 0 Å². The molecule has 356 valence electrons. The van der Waals surface area contributed by atoms with Crippen molar-refractivity contribution in [1.29, 1.82) is 0 Å². The van der Waals surface area contributed by atoms with E-state index in [-0.39, 0.29) is 122 Å². The molecule has 12 heteroatoms. The molecular formula is C51H80O9S3. The van der Waals surface area contributed by atoms with Crippen molar-refractivity contribution in [3.05, 3.63) is 36.5 Å². The van der Waals surface area contributed by atoms with Crippen LogP contribution >= 0.6 is 35.3 Å². The molecule has 9 nitrogen and oxygen atoms in total. The Morgan fingerprint density at radius 3 is 1.00 bits per heavy atom. The average molecular weight is 933 g/mol. The Kier molecular flexibility index (Phi) is 21.4. The molecule has 63 heavy (non-hydrogen) atoms. The van der Waals surface area contributed by atoms with Crippen LogP contribution in [0.3, 0.4) is 0 Å². The molecule has 5 unspecified atom stereocenters. The van der Waals surface area contributed by atoms with Gasteiger partial charge in [0.25, 0.3) is 0 Å². The second-order valence-corrected chi connectivity index (χ2v) is 25.4. The van der Waals surface area contributed by atoms with E-state index in [1.165, 1.54) is 35.3 Å². The van der Waals surface area contributed by atoms with Gasteiger partial charge in [-0.2, -0.15) is 0 Å². The van der Waals surface area contributed by atoms with Gasteiger partial charge in [0, 0.05) is 52.8 Å². The minimum Gasteiger partial charge on any atom is -0.464 e. The van der Waals surface area contributed by atoms with E-state index in [1.807, 2.05) is 27.7 Å². The Labute approximate surface area is 393 Å². The number of ketones is 3. The van der Waals surface area contributed by atoms with Gasteiger partial charge < -0.3 is 14.2 Å². The van der Waals surface area contributed by atoms with Crippen LogP contribution < -0.4 is 0 Å². The highest BCUT2D eigenvalue weighted by molar-refractivity contribution is 8.01. The first-order valence-corrected chi connectivity index (χ1v) is 26.4. The summed E-state index contributed by atoms with van der Waals surface area (Å²) in [6, 6.07) is 0. The summed E-state index contributed by atoms with van der Waals surface area (Å²) >= 11 is 4.12. The lowest BCUT2D eigenvalue weighted by Gasteiger charge is -2.39. The van der Waals surface area contributed by atoms with Gasteiger partial charge in [-0.3, -0.25) is 28.8 Å². The summed E-state index contributed by atoms with van der Waals surface area (Å²) in [6.07, 6.45) is 16.9. The summed E-state index contributed by atoms with van der Waals surface area (Å²) in [6.45, 7) is 26.4. The quantitative estimate of drug-likeness (QED) is 0.0491. The summed E-state index contributed by atoms with van der Waals surface area (Å²) in [5, 5.41) is -0.275. The molecule has 0 aromatic carbocycles. The minimum atomic E-state index is -1.01. The highest BCUT2D eigenvalue weighted by Crippen LogP contribution is 2.44. The molecule has 0 aromatic rings. The van der Waals surface area contributed by atoms with Crippen molar-refractivity contribution in [2.24, 2.45) is 57.2 Å². The largest absolute Gasteiger partial charge is 0.464 e. The predicted octanol–water partition coefficient (Wildman–Crippen LogP) is 11.0. The highest BCUT2D eigenvalue weighted by Gasteiger charge is 2.42. The Morgan fingerprint density at radius 1 is 0.524 bits per heavy atom. The van der Waals surface area contributed by atoms with Gasteiger partial charge in [-0.15, -0.1) is 35.3 Å². The number of carbonyl (C=O) groups excluding carboxylic acids is 6. The fourth-order valence-electron chi connectivity index (χ4n) is 10.1. The first-order chi connectivity index (χ1) is 29.3. The number of ether oxygens (including phenoxy) is 3. The molecular weight excluding hydrogens is 853 g/mol. The molecule has 0 saturated heterocycles. The monoisotopic (exact) mass is 932 g/mol. The number of esters is 3. The Bertz CT molecular complexity index is 1490. The van der Waals surface area contributed by atoms with Crippen molar-refractivity contribution in [3.8, 4) is 0 Å². The standard InChI is InChI=1S/C51H80O9S3/c1-14-51(30-58-42(55)27-61-36(5)24-39(52)45-33(2)18-15-21-48(45,8)9,31-59-43(56)28-62-37(6)25-40(53)46-34(3)19-16-22-49(46,10)11)32-60-44(57)29-63-38(7)26-41(54)47-35(4)20-17-23-50(47,12)13/h15-20,33-38,45-47H,14,21-32H2,1-13H3/t33-,34-,35?,36?,37?,38?,45-,46-,47?,51?/m1/s1. The molecule has 0 fully saturated rings. The first-order valence-electron chi connectivity index (χ1n) is 23.2. The van der Waals surface area contributed by atoms with E-state index in [4.69, 9.17) is 14.2 Å². The van der Waals surface area contributed by atoms with E-state index in [1.54, 1.807) is 0 Å². The molecule has 0 N–H and O–H groups in total. The van der Waals surface area contributed by atoms with Crippen LogP contribution in [0.25, 0.3) is 0 Å². The van der Waals surface area contributed by atoms with E-state index in [0.717, 1.165) is 19.3 Å². The minimum absolute atomic E-state index is 0.0397. The van der Waals surface area contributed by atoms with E-state index in [9.17, 15) is 28.8 Å². The molecule has 0 radical (unpaired) electrons. The zero-order valence-electron chi connectivity index (χ0n) is 40.8. The second kappa shape index (κ2) is 24.5. The van der Waals surface area contributed by atoms with Crippen molar-refractivity contribution < 1.29 is 43.0 Å². The highest BCUT2D eigenvalue weighted by atomic mass is 32.2. The number of Topliss-reactive ketones (excluding diaryl/α,β-unsaturated/α-hetero) is 3. The maximum absolute atomic E-state index is 13.4. The van der Waals surface area contributed by atoms with E-state index >= 15 is 0 Å². The van der Waals surface area contributed by atoms with Crippen molar-refractivity contribution in [2.45, 2.75) is 151 Å². The number of hydrogen-bond donors (Lipinski definition) is 0. The Hall–Kier alpha value is -2.31. The van der Waals surface area contributed by atoms with Gasteiger partial charge in [-0.1, -0.05) is 126 Å². The predicted molar refractivity (Wildman–Crippen MR) is 261 cm³/mol. The van der Waals surface area contributed by atoms with Gasteiger partial charge >= 0.3 is 17.9 Å². The van der Waals surface area contributed by atoms with Crippen LogP contribution in [0.15, 0.2) is 36.5 Å². The molecule has 0 spiro atoms. The molecule has 0 bridgehead atoms. The molecule has 3 aliphatic carbocycles. The van der Waals surface area contributed by atoms with E-state index in [2.05, 4.69) is 98.8 Å². The molecule has 0 aromatic heterocycles. The average Bonchev–Trinajstić information content (AvgIpc) is 3.17. The third-order valence-electron chi connectivity index (χ3n) is 13.7. The van der Waals surface area contributed by atoms with Crippen molar-refractivity contribution in [3.63, 3.8) is 0 Å². The molecule has 0 saturated carbocycles. The Balaban J connectivity index is 1.59. The van der Waals surface area contributed by atoms with E-state index < -0.39 is 23.3 Å². The number of carbonyl (C=O) groups is 6. The third kappa shape index (κ3) is 16.8. The maximum atomic E-state index is 13.4. The third-order valence-corrected chi connectivity index (χ3v) is 17.1. The van der Waals surface area contributed by atoms with Gasteiger partial charge in [-0.05, 0) is 59.7 Å². The summed E-state index contributed by atoms with van der Waals surface area (Å²) < 4.78 is 17.4. The normalized spacial score (nSPS) is 27.0. The number of hydrogen-bond acceptors (Lipinski definition) is 12.